The Labute approximate surface area is 118 Å². The standard InChI is InChI=1S/C17H16N2O/c1-2-12-5-3-4-6-16(12)20-17-10-7-13-11-14(18)8-9-15(13)19-17/h3-11H,2,18H2,1H3. The zero-order chi connectivity index (χ0) is 13.9. The minimum atomic E-state index is 0.600. The highest BCUT2D eigenvalue weighted by molar-refractivity contribution is 5.82. The number of rotatable bonds is 3. The molecule has 0 fully saturated rings. The van der Waals surface area contributed by atoms with Crippen LogP contribution in [0.25, 0.3) is 10.9 Å². The summed E-state index contributed by atoms with van der Waals surface area (Å²) in [6.07, 6.45) is 0.931. The molecular formula is C17H16N2O. The highest BCUT2D eigenvalue weighted by atomic mass is 16.5. The van der Waals surface area contributed by atoms with Crippen molar-refractivity contribution in [1.82, 2.24) is 4.98 Å². The Hall–Kier alpha value is -2.55. The van der Waals surface area contributed by atoms with E-state index >= 15 is 0 Å². The molecule has 2 aromatic carbocycles. The SMILES string of the molecule is CCc1ccccc1Oc1ccc2cc(N)ccc2n1. The van der Waals surface area contributed by atoms with Crippen LogP contribution in [0.15, 0.2) is 54.6 Å². The molecule has 0 unspecified atom stereocenters. The number of hydrogen-bond donors (Lipinski definition) is 1. The van der Waals surface area contributed by atoms with Gasteiger partial charge in [0.2, 0.25) is 5.88 Å². The van der Waals surface area contributed by atoms with Gasteiger partial charge < -0.3 is 10.5 Å². The summed E-state index contributed by atoms with van der Waals surface area (Å²) in [7, 11) is 0. The van der Waals surface area contributed by atoms with Gasteiger partial charge in [-0.1, -0.05) is 25.1 Å². The molecule has 3 aromatic rings. The largest absolute Gasteiger partial charge is 0.439 e. The summed E-state index contributed by atoms with van der Waals surface area (Å²) in [5.74, 6) is 1.46. The maximum absolute atomic E-state index is 5.90. The Morgan fingerprint density at radius 2 is 1.90 bits per heavy atom. The maximum atomic E-state index is 5.90. The molecule has 0 aliphatic carbocycles. The molecule has 1 aromatic heterocycles. The van der Waals surface area contributed by atoms with Crippen molar-refractivity contribution in [1.29, 1.82) is 0 Å². The monoisotopic (exact) mass is 264 g/mol. The quantitative estimate of drug-likeness (QED) is 0.722. The average molecular weight is 264 g/mol. The van der Waals surface area contributed by atoms with Gasteiger partial charge >= 0.3 is 0 Å². The topological polar surface area (TPSA) is 48.1 Å². The van der Waals surface area contributed by atoms with E-state index in [4.69, 9.17) is 10.5 Å². The van der Waals surface area contributed by atoms with Crippen molar-refractivity contribution >= 4 is 16.6 Å². The lowest BCUT2D eigenvalue weighted by molar-refractivity contribution is 0.460. The van der Waals surface area contributed by atoms with Gasteiger partial charge in [0.1, 0.15) is 5.75 Å². The molecule has 0 aliphatic rings. The average Bonchev–Trinajstić information content (AvgIpc) is 2.48. The van der Waals surface area contributed by atoms with E-state index < -0.39 is 0 Å². The van der Waals surface area contributed by atoms with Crippen LogP contribution in [0.1, 0.15) is 12.5 Å². The van der Waals surface area contributed by atoms with Crippen molar-refractivity contribution in [3.8, 4) is 11.6 Å². The number of hydrogen-bond acceptors (Lipinski definition) is 3. The van der Waals surface area contributed by atoms with Crippen molar-refractivity contribution in [3.05, 3.63) is 60.2 Å². The molecule has 3 nitrogen and oxygen atoms in total. The molecule has 2 N–H and O–H groups in total. The molecule has 3 heteroatoms. The van der Waals surface area contributed by atoms with Gasteiger partial charge in [-0.3, -0.25) is 0 Å². The van der Waals surface area contributed by atoms with Gasteiger partial charge in [0, 0.05) is 17.1 Å². The minimum Gasteiger partial charge on any atom is -0.439 e. The summed E-state index contributed by atoms with van der Waals surface area (Å²) in [6.45, 7) is 2.11. The second kappa shape index (κ2) is 5.21. The van der Waals surface area contributed by atoms with E-state index in [1.807, 2.05) is 48.5 Å². The lowest BCUT2D eigenvalue weighted by Gasteiger charge is -2.09. The van der Waals surface area contributed by atoms with Gasteiger partial charge in [-0.2, -0.15) is 0 Å². The van der Waals surface area contributed by atoms with E-state index in [0.717, 1.165) is 28.8 Å². The van der Waals surface area contributed by atoms with E-state index in [1.54, 1.807) is 0 Å². The number of fused-ring (bicyclic) bond motifs is 1. The third-order valence-electron chi connectivity index (χ3n) is 3.26. The van der Waals surface area contributed by atoms with Gasteiger partial charge in [0.15, 0.2) is 0 Å². The summed E-state index contributed by atoms with van der Waals surface area (Å²) in [4.78, 5) is 4.51. The first kappa shape index (κ1) is 12.5. The van der Waals surface area contributed by atoms with E-state index in [9.17, 15) is 0 Å². The lowest BCUT2D eigenvalue weighted by Crippen LogP contribution is -1.93. The fourth-order valence-corrected chi connectivity index (χ4v) is 2.19. The van der Waals surface area contributed by atoms with Crippen molar-refractivity contribution in [2.24, 2.45) is 0 Å². The third-order valence-corrected chi connectivity index (χ3v) is 3.26. The van der Waals surface area contributed by atoms with Gasteiger partial charge in [-0.15, -0.1) is 0 Å². The maximum Gasteiger partial charge on any atom is 0.219 e. The number of nitrogen functional groups attached to an aromatic ring is 1. The molecular weight excluding hydrogens is 248 g/mol. The number of nitrogens with zero attached hydrogens (tertiary/aromatic N) is 1. The van der Waals surface area contributed by atoms with Gasteiger partial charge in [-0.25, -0.2) is 4.98 Å². The van der Waals surface area contributed by atoms with Crippen LogP contribution in [-0.4, -0.2) is 4.98 Å². The van der Waals surface area contributed by atoms with E-state index in [2.05, 4.69) is 18.0 Å². The molecule has 1 heterocycles. The second-order valence-electron chi connectivity index (χ2n) is 4.66. The summed E-state index contributed by atoms with van der Waals surface area (Å²) in [5.41, 5.74) is 8.56. The number of nitrogens with two attached hydrogens (primary N) is 1. The number of anilines is 1. The zero-order valence-electron chi connectivity index (χ0n) is 11.3. The molecule has 0 atom stereocenters. The summed E-state index contributed by atoms with van der Waals surface area (Å²) >= 11 is 0. The van der Waals surface area contributed by atoms with E-state index in [-0.39, 0.29) is 0 Å². The highest BCUT2D eigenvalue weighted by Crippen LogP contribution is 2.26. The molecule has 3 rings (SSSR count). The smallest absolute Gasteiger partial charge is 0.219 e. The van der Waals surface area contributed by atoms with Crippen molar-refractivity contribution in [3.63, 3.8) is 0 Å². The highest BCUT2D eigenvalue weighted by Gasteiger charge is 2.04. The number of pyridine rings is 1. The molecule has 0 radical (unpaired) electrons. The van der Waals surface area contributed by atoms with Crippen LogP contribution in [0.4, 0.5) is 5.69 Å². The molecule has 0 saturated carbocycles. The normalized spacial score (nSPS) is 10.7. The first-order chi connectivity index (χ1) is 9.76. The van der Waals surface area contributed by atoms with Crippen LogP contribution in [0.2, 0.25) is 0 Å². The van der Waals surface area contributed by atoms with Crippen molar-refractivity contribution in [2.75, 3.05) is 5.73 Å². The van der Waals surface area contributed by atoms with Crippen LogP contribution in [-0.2, 0) is 6.42 Å². The molecule has 100 valence electrons. The predicted octanol–water partition coefficient (Wildman–Crippen LogP) is 4.17. The molecule has 0 bridgehead atoms. The summed E-state index contributed by atoms with van der Waals surface area (Å²) in [5, 5.41) is 1.01. The molecule has 0 aliphatic heterocycles. The Kier molecular flexibility index (Phi) is 3.25. The molecule has 0 saturated heterocycles. The lowest BCUT2D eigenvalue weighted by atomic mass is 10.1. The molecule has 20 heavy (non-hydrogen) atoms. The van der Waals surface area contributed by atoms with Gasteiger partial charge in [0.05, 0.1) is 5.52 Å². The fourth-order valence-electron chi connectivity index (χ4n) is 2.19. The van der Waals surface area contributed by atoms with Crippen LogP contribution in [0, 0.1) is 0 Å². The second-order valence-corrected chi connectivity index (χ2v) is 4.66. The Bertz CT molecular complexity index is 753. The van der Waals surface area contributed by atoms with Crippen molar-refractivity contribution < 1.29 is 4.74 Å². The van der Waals surface area contributed by atoms with E-state index in [0.29, 0.717) is 5.88 Å². The Morgan fingerprint density at radius 1 is 1.05 bits per heavy atom. The number of aryl methyl sites for hydroxylation is 1. The summed E-state index contributed by atoms with van der Waals surface area (Å²) in [6, 6.07) is 17.5. The number of aromatic nitrogens is 1. The van der Waals surface area contributed by atoms with Gasteiger partial charge in [-0.05, 0) is 42.3 Å². The predicted molar refractivity (Wildman–Crippen MR) is 82.0 cm³/mol. The Morgan fingerprint density at radius 3 is 2.75 bits per heavy atom. The van der Waals surface area contributed by atoms with Crippen molar-refractivity contribution in [2.45, 2.75) is 13.3 Å². The third kappa shape index (κ3) is 2.43. The Balaban J connectivity index is 1.96. The molecule has 0 spiro atoms. The van der Waals surface area contributed by atoms with Crippen LogP contribution >= 0.6 is 0 Å². The van der Waals surface area contributed by atoms with Gasteiger partial charge in [0.25, 0.3) is 0 Å². The summed E-state index contributed by atoms with van der Waals surface area (Å²) < 4.78 is 5.90. The first-order valence-electron chi connectivity index (χ1n) is 6.68. The van der Waals surface area contributed by atoms with E-state index in [1.165, 1.54) is 5.56 Å². The fraction of sp³-hybridized carbons (Fsp3) is 0.118. The van der Waals surface area contributed by atoms with Crippen LogP contribution in [0.3, 0.4) is 0 Å². The van der Waals surface area contributed by atoms with Crippen LogP contribution < -0.4 is 10.5 Å². The minimum absolute atomic E-state index is 0.600. The zero-order valence-corrected chi connectivity index (χ0v) is 11.3. The number of para-hydroxylation sites is 1. The number of ether oxygens (including phenoxy) is 1. The molecule has 0 amide bonds. The van der Waals surface area contributed by atoms with Crippen LogP contribution in [0.5, 0.6) is 11.6 Å². The number of benzene rings is 2. The first-order valence-corrected chi connectivity index (χ1v) is 6.68.